The second-order valence-corrected chi connectivity index (χ2v) is 3.21. The number of amides is 2. The molecule has 1 aliphatic rings. The van der Waals surface area contributed by atoms with Gasteiger partial charge in [0.25, 0.3) is 0 Å². The third-order valence-corrected chi connectivity index (χ3v) is 2.17. The lowest BCUT2D eigenvalue weighted by Gasteiger charge is -2.12. The van der Waals surface area contributed by atoms with Crippen molar-refractivity contribution in [2.75, 3.05) is 19.6 Å². The fourth-order valence-corrected chi connectivity index (χ4v) is 1.40. The van der Waals surface area contributed by atoms with Gasteiger partial charge in [-0.1, -0.05) is 26.2 Å². The molecule has 1 saturated heterocycles. The van der Waals surface area contributed by atoms with E-state index in [1.165, 1.54) is 19.3 Å². The van der Waals surface area contributed by atoms with Gasteiger partial charge in [0.05, 0.1) is 6.54 Å². The highest BCUT2D eigenvalue weighted by Gasteiger charge is 2.19. The Balaban J connectivity index is 2.02. The fraction of sp³-hybridized carbons (Fsp3) is 0.889. The number of hydrogen-bond donors (Lipinski definition) is 0. The van der Waals surface area contributed by atoms with Gasteiger partial charge in [0.15, 0.2) is 0 Å². The molecule has 0 aliphatic carbocycles. The fourth-order valence-electron chi connectivity index (χ4n) is 1.40. The lowest BCUT2D eigenvalue weighted by molar-refractivity contribution is 0.216. The average Bonchev–Trinajstić information content (AvgIpc) is 2.46. The SMILES string of the molecule is CCCCCCN1CC[N]C1=O. The summed E-state index contributed by atoms with van der Waals surface area (Å²) >= 11 is 0. The second kappa shape index (κ2) is 5.01. The van der Waals surface area contributed by atoms with E-state index in [2.05, 4.69) is 12.2 Å². The molecule has 3 nitrogen and oxygen atoms in total. The molecule has 1 heterocycles. The van der Waals surface area contributed by atoms with Crippen LogP contribution in [0.25, 0.3) is 0 Å². The molecule has 1 fully saturated rings. The predicted octanol–water partition coefficient (Wildman–Crippen LogP) is 1.61. The van der Waals surface area contributed by atoms with E-state index in [-0.39, 0.29) is 6.03 Å². The van der Waals surface area contributed by atoms with E-state index in [4.69, 9.17) is 0 Å². The molecule has 3 heteroatoms. The number of urea groups is 1. The lowest BCUT2D eigenvalue weighted by Crippen LogP contribution is -2.26. The molecule has 0 aromatic heterocycles. The Morgan fingerprint density at radius 1 is 1.42 bits per heavy atom. The van der Waals surface area contributed by atoms with Gasteiger partial charge < -0.3 is 4.90 Å². The molecule has 2 amide bonds. The van der Waals surface area contributed by atoms with Gasteiger partial charge in [0, 0.05) is 13.1 Å². The maximum absolute atomic E-state index is 11.0. The van der Waals surface area contributed by atoms with Gasteiger partial charge in [0.2, 0.25) is 0 Å². The first kappa shape index (κ1) is 9.36. The highest BCUT2D eigenvalue weighted by molar-refractivity contribution is 5.75. The van der Waals surface area contributed by atoms with Crippen molar-refractivity contribution in [2.24, 2.45) is 0 Å². The minimum Gasteiger partial charge on any atom is -0.321 e. The largest absolute Gasteiger partial charge is 0.339 e. The van der Waals surface area contributed by atoms with Crippen LogP contribution in [-0.2, 0) is 0 Å². The molecule has 69 valence electrons. The van der Waals surface area contributed by atoms with Crippen molar-refractivity contribution in [1.29, 1.82) is 0 Å². The van der Waals surface area contributed by atoms with Gasteiger partial charge in [-0.05, 0) is 6.42 Å². The van der Waals surface area contributed by atoms with Crippen LogP contribution in [0.1, 0.15) is 32.6 Å². The van der Waals surface area contributed by atoms with Gasteiger partial charge >= 0.3 is 6.03 Å². The van der Waals surface area contributed by atoms with E-state index in [0.717, 1.165) is 19.5 Å². The molecule has 0 unspecified atom stereocenters. The first-order chi connectivity index (χ1) is 5.84. The molecule has 1 radical (unpaired) electrons. The Kier molecular flexibility index (Phi) is 3.91. The van der Waals surface area contributed by atoms with Crippen LogP contribution in [0.2, 0.25) is 0 Å². The van der Waals surface area contributed by atoms with E-state index in [1.54, 1.807) is 0 Å². The quantitative estimate of drug-likeness (QED) is 0.576. The summed E-state index contributed by atoms with van der Waals surface area (Å²) in [6.45, 7) is 4.64. The predicted molar refractivity (Wildman–Crippen MR) is 48.1 cm³/mol. The van der Waals surface area contributed by atoms with Crippen molar-refractivity contribution < 1.29 is 4.79 Å². The Labute approximate surface area is 74.1 Å². The molecule has 0 saturated carbocycles. The maximum atomic E-state index is 11.0. The standard InChI is InChI=1S/C9H17N2O/c1-2-3-4-5-7-11-8-6-10-9(11)12/h2-8H2,1H3. The summed E-state index contributed by atoms with van der Waals surface area (Å²) in [5, 5.41) is 3.80. The smallest absolute Gasteiger partial charge is 0.321 e. The molecular formula is C9H17N2O. The van der Waals surface area contributed by atoms with Crippen LogP contribution in [0.15, 0.2) is 0 Å². The summed E-state index contributed by atoms with van der Waals surface area (Å²) < 4.78 is 0. The van der Waals surface area contributed by atoms with Gasteiger partial charge in [-0.15, -0.1) is 0 Å². The first-order valence-electron chi connectivity index (χ1n) is 4.81. The van der Waals surface area contributed by atoms with Crippen molar-refractivity contribution >= 4 is 6.03 Å². The zero-order chi connectivity index (χ0) is 8.81. The molecule has 0 bridgehead atoms. The van der Waals surface area contributed by atoms with Gasteiger partial charge in [-0.3, -0.25) is 0 Å². The van der Waals surface area contributed by atoms with Crippen molar-refractivity contribution in [2.45, 2.75) is 32.6 Å². The number of unbranched alkanes of at least 4 members (excludes halogenated alkanes) is 3. The van der Waals surface area contributed by atoms with E-state index in [9.17, 15) is 4.79 Å². The summed E-state index contributed by atoms with van der Waals surface area (Å²) in [5.41, 5.74) is 0. The van der Waals surface area contributed by atoms with Crippen LogP contribution in [0, 0.1) is 0 Å². The van der Waals surface area contributed by atoms with Crippen LogP contribution >= 0.6 is 0 Å². The van der Waals surface area contributed by atoms with Gasteiger partial charge in [0.1, 0.15) is 0 Å². The Hall–Kier alpha value is -0.730. The van der Waals surface area contributed by atoms with Crippen molar-refractivity contribution in [1.82, 2.24) is 10.2 Å². The van der Waals surface area contributed by atoms with Crippen LogP contribution in [0.5, 0.6) is 0 Å². The molecule has 1 rings (SSSR count). The number of rotatable bonds is 5. The third kappa shape index (κ3) is 2.72. The minimum atomic E-state index is -0.00787. The van der Waals surface area contributed by atoms with Crippen molar-refractivity contribution in [3.05, 3.63) is 0 Å². The number of nitrogens with zero attached hydrogens (tertiary/aromatic N) is 2. The molecule has 0 spiro atoms. The van der Waals surface area contributed by atoms with Crippen LogP contribution in [-0.4, -0.2) is 30.6 Å². The van der Waals surface area contributed by atoms with Crippen LogP contribution in [0.3, 0.4) is 0 Å². The Bertz CT molecular complexity index is 147. The molecular weight excluding hydrogens is 152 g/mol. The minimum absolute atomic E-state index is 0.00787. The third-order valence-electron chi connectivity index (χ3n) is 2.17. The highest BCUT2D eigenvalue weighted by atomic mass is 16.2. The average molecular weight is 169 g/mol. The van der Waals surface area contributed by atoms with E-state index >= 15 is 0 Å². The summed E-state index contributed by atoms with van der Waals surface area (Å²) in [6, 6.07) is -0.00787. The lowest BCUT2D eigenvalue weighted by atomic mass is 10.2. The number of carbonyl (C=O) groups is 1. The summed E-state index contributed by atoms with van der Waals surface area (Å²) in [4.78, 5) is 12.8. The van der Waals surface area contributed by atoms with E-state index in [0.29, 0.717) is 6.54 Å². The Morgan fingerprint density at radius 2 is 2.25 bits per heavy atom. The van der Waals surface area contributed by atoms with Crippen molar-refractivity contribution in [3.8, 4) is 0 Å². The maximum Gasteiger partial charge on any atom is 0.339 e. The zero-order valence-corrected chi connectivity index (χ0v) is 7.75. The Morgan fingerprint density at radius 3 is 2.83 bits per heavy atom. The molecule has 1 aliphatic heterocycles. The zero-order valence-electron chi connectivity index (χ0n) is 7.75. The number of hydrogen-bond acceptors (Lipinski definition) is 1. The molecule has 12 heavy (non-hydrogen) atoms. The van der Waals surface area contributed by atoms with E-state index in [1.807, 2.05) is 4.90 Å². The summed E-state index contributed by atoms with van der Waals surface area (Å²) in [6.07, 6.45) is 4.90. The second-order valence-electron chi connectivity index (χ2n) is 3.21. The summed E-state index contributed by atoms with van der Waals surface area (Å²) in [7, 11) is 0. The molecule has 0 atom stereocenters. The molecule has 0 N–H and O–H groups in total. The normalized spacial score (nSPS) is 16.8. The van der Waals surface area contributed by atoms with Crippen molar-refractivity contribution in [3.63, 3.8) is 0 Å². The molecule has 0 aromatic rings. The van der Waals surface area contributed by atoms with Crippen LogP contribution in [0.4, 0.5) is 4.79 Å². The first-order valence-corrected chi connectivity index (χ1v) is 4.81. The monoisotopic (exact) mass is 169 g/mol. The van der Waals surface area contributed by atoms with Gasteiger partial charge in [-0.2, -0.15) is 0 Å². The summed E-state index contributed by atoms with van der Waals surface area (Å²) in [5.74, 6) is 0. The number of carbonyl (C=O) groups excluding carboxylic acids is 1. The molecule has 0 aromatic carbocycles. The van der Waals surface area contributed by atoms with Gasteiger partial charge in [-0.25, -0.2) is 10.1 Å². The van der Waals surface area contributed by atoms with E-state index < -0.39 is 0 Å². The topological polar surface area (TPSA) is 34.4 Å². The highest BCUT2D eigenvalue weighted by Crippen LogP contribution is 2.04. The van der Waals surface area contributed by atoms with Crippen LogP contribution < -0.4 is 5.32 Å².